The average Bonchev–Trinajstić information content (AvgIpc) is 2.65. The molecule has 0 aromatic heterocycles. The maximum Gasteiger partial charge on any atom is 0.0159 e. The second-order valence-corrected chi connectivity index (χ2v) is 7.19. The zero-order valence-electron chi connectivity index (χ0n) is 14.1. The minimum Gasteiger partial charge on any atom is -0.313 e. The first kappa shape index (κ1) is 17.0. The Morgan fingerprint density at radius 3 is 2.47 bits per heavy atom. The Morgan fingerprint density at radius 2 is 1.95 bits per heavy atom. The lowest BCUT2D eigenvalue weighted by Gasteiger charge is -2.34. The van der Waals surface area contributed by atoms with Crippen molar-refractivity contribution in [2.75, 3.05) is 26.2 Å². The van der Waals surface area contributed by atoms with Crippen LogP contribution in [0.2, 0.25) is 0 Å². The van der Waals surface area contributed by atoms with Gasteiger partial charge in [-0.05, 0) is 43.2 Å². The summed E-state index contributed by atoms with van der Waals surface area (Å²) in [6.07, 6.45) is 4.06. The molecule has 3 atom stereocenters. The monoisotopic (exact) mass is 268 g/mol. The predicted molar refractivity (Wildman–Crippen MR) is 85.5 cm³/mol. The maximum absolute atomic E-state index is 3.75. The molecule has 2 heteroatoms. The Morgan fingerprint density at radius 1 is 1.26 bits per heavy atom. The number of nitrogens with one attached hydrogen (secondary N) is 1. The third kappa shape index (κ3) is 4.75. The summed E-state index contributed by atoms with van der Waals surface area (Å²) in [4.78, 5) is 2.67. The van der Waals surface area contributed by atoms with Crippen molar-refractivity contribution in [3.05, 3.63) is 0 Å². The van der Waals surface area contributed by atoms with Crippen molar-refractivity contribution in [2.24, 2.45) is 17.3 Å². The van der Waals surface area contributed by atoms with Gasteiger partial charge in [0, 0.05) is 19.1 Å². The van der Waals surface area contributed by atoms with Crippen LogP contribution in [0, 0.1) is 17.3 Å². The lowest BCUT2D eigenvalue weighted by molar-refractivity contribution is 0.174. The molecule has 1 aliphatic carbocycles. The first-order valence-corrected chi connectivity index (χ1v) is 8.40. The summed E-state index contributed by atoms with van der Waals surface area (Å²) < 4.78 is 0. The van der Waals surface area contributed by atoms with E-state index in [0.717, 1.165) is 18.4 Å². The average molecular weight is 268 g/mol. The van der Waals surface area contributed by atoms with Gasteiger partial charge in [0.25, 0.3) is 0 Å². The van der Waals surface area contributed by atoms with E-state index in [0.29, 0.717) is 11.5 Å². The van der Waals surface area contributed by atoms with Gasteiger partial charge >= 0.3 is 0 Å². The van der Waals surface area contributed by atoms with Crippen LogP contribution in [0.15, 0.2) is 0 Å². The van der Waals surface area contributed by atoms with Crippen LogP contribution in [0.1, 0.15) is 60.8 Å². The molecule has 1 rings (SSSR count). The third-order valence-electron chi connectivity index (χ3n) is 5.10. The number of hydrogen-bond acceptors (Lipinski definition) is 2. The summed E-state index contributed by atoms with van der Waals surface area (Å²) in [6.45, 7) is 18.9. The standard InChI is InChI=1S/C17H36N2/c1-7-14(4)12-19(9-3)13-15-10-11-17(5,6)16(15)18-8-2/h14-16,18H,7-13H2,1-6H3. The zero-order valence-corrected chi connectivity index (χ0v) is 14.1. The highest BCUT2D eigenvalue weighted by molar-refractivity contribution is 4.97. The maximum atomic E-state index is 3.75. The number of nitrogens with zero attached hydrogens (tertiary/aromatic N) is 1. The van der Waals surface area contributed by atoms with Gasteiger partial charge in [-0.3, -0.25) is 0 Å². The number of hydrogen-bond donors (Lipinski definition) is 1. The van der Waals surface area contributed by atoms with Crippen LogP contribution >= 0.6 is 0 Å². The molecule has 1 saturated carbocycles. The lowest BCUT2D eigenvalue weighted by Crippen LogP contribution is -2.46. The molecule has 0 bridgehead atoms. The molecule has 0 radical (unpaired) electrons. The van der Waals surface area contributed by atoms with E-state index in [-0.39, 0.29) is 0 Å². The van der Waals surface area contributed by atoms with E-state index in [9.17, 15) is 0 Å². The SMILES string of the molecule is CCNC1C(CN(CC)CC(C)CC)CCC1(C)C. The van der Waals surface area contributed by atoms with Gasteiger partial charge in [0.1, 0.15) is 0 Å². The van der Waals surface area contributed by atoms with E-state index < -0.39 is 0 Å². The van der Waals surface area contributed by atoms with Crippen molar-refractivity contribution >= 4 is 0 Å². The van der Waals surface area contributed by atoms with Crippen molar-refractivity contribution in [1.82, 2.24) is 10.2 Å². The molecular weight excluding hydrogens is 232 g/mol. The molecule has 114 valence electrons. The first-order valence-electron chi connectivity index (χ1n) is 8.40. The lowest BCUT2D eigenvalue weighted by atomic mass is 9.84. The van der Waals surface area contributed by atoms with Crippen LogP contribution < -0.4 is 5.32 Å². The minimum atomic E-state index is 0.469. The third-order valence-corrected chi connectivity index (χ3v) is 5.10. The highest BCUT2D eigenvalue weighted by Crippen LogP contribution is 2.41. The fourth-order valence-corrected chi connectivity index (χ4v) is 3.61. The molecule has 0 spiro atoms. The molecule has 1 fully saturated rings. The van der Waals surface area contributed by atoms with Crippen LogP contribution in [-0.4, -0.2) is 37.1 Å². The van der Waals surface area contributed by atoms with E-state index >= 15 is 0 Å². The van der Waals surface area contributed by atoms with Crippen LogP contribution in [-0.2, 0) is 0 Å². The summed E-state index contributed by atoms with van der Waals surface area (Å²) in [5.41, 5.74) is 0.469. The molecule has 0 aliphatic heterocycles. The summed E-state index contributed by atoms with van der Waals surface area (Å²) in [5, 5.41) is 3.75. The van der Waals surface area contributed by atoms with Crippen molar-refractivity contribution < 1.29 is 0 Å². The van der Waals surface area contributed by atoms with Gasteiger partial charge in [-0.1, -0.05) is 48.0 Å². The molecule has 2 nitrogen and oxygen atoms in total. The van der Waals surface area contributed by atoms with Gasteiger partial charge in [-0.15, -0.1) is 0 Å². The smallest absolute Gasteiger partial charge is 0.0159 e. The van der Waals surface area contributed by atoms with Gasteiger partial charge in [-0.25, -0.2) is 0 Å². The van der Waals surface area contributed by atoms with Gasteiger partial charge in [0.05, 0.1) is 0 Å². The van der Waals surface area contributed by atoms with Crippen LogP contribution in [0.25, 0.3) is 0 Å². The van der Waals surface area contributed by atoms with E-state index in [2.05, 4.69) is 51.8 Å². The van der Waals surface area contributed by atoms with Crippen molar-refractivity contribution in [3.8, 4) is 0 Å². The normalized spacial score (nSPS) is 27.9. The van der Waals surface area contributed by atoms with Crippen LogP contribution in [0.5, 0.6) is 0 Å². The van der Waals surface area contributed by atoms with Gasteiger partial charge in [0.2, 0.25) is 0 Å². The fourth-order valence-electron chi connectivity index (χ4n) is 3.61. The number of rotatable bonds is 8. The Bertz CT molecular complexity index is 250. The second-order valence-electron chi connectivity index (χ2n) is 7.19. The van der Waals surface area contributed by atoms with Gasteiger partial charge < -0.3 is 10.2 Å². The molecule has 1 N–H and O–H groups in total. The Kier molecular flexibility index (Phi) is 6.82. The summed E-state index contributed by atoms with van der Waals surface area (Å²) in [6, 6.07) is 0.698. The minimum absolute atomic E-state index is 0.469. The fraction of sp³-hybridized carbons (Fsp3) is 1.00. The topological polar surface area (TPSA) is 15.3 Å². The van der Waals surface area contributed by atoms with Crippen molar-refractivity contribution in [1.29, 1.82) is 0 Å². The zero-order chi connectivity index (χ0) is 14.5. The summed E-state index contributed by atoms with van der Waals surface area (Å²) >= 11 is 0. The molecule has 0 aromatic carbocycles. The van der Waals surface area contributed by atoms with Gasteiger partial charge in [-0.2, -0.15) is 0 Å². The summed E-state index contributed by atoms with van der Waals surface area (Å²) in [5.74, 6) is 1.66. The van der Waals surface area contributed by atoms with E-state index in [1.165, 1.54) is 38.9 Å². The molecule has 1 aliphatic rings. The van der Waals surface area contributed by atoms with E-state index in [1.807, 2.05) is 0 Å². The van der Waals surface area contributed by atoms with Crippen LogP contribution in [0.3, 0.4) is 0 Å². The quantitative estimate of drug-likeness (QED) is 0.721. The van der Waals surface area contributed by atoms with Crippen molar-refractivity contribution in [2.45, 2.75) is 66.8 Å². The molecule has 0 saturated heterocycles. The second kappa shape index (κ2) is 7.64. The Labute approximate surface area is 121 Å². The van der Waals surface area contributed by atoms with Gasteiger partial charge in [0.15, 0.2) is 0 Å². The van der Waals surface area contributed by atoms with Crippen LogP contribution in [0.4, 0.5) is 0 Å². The first-order chi connectivity index (χ1) is 8.94. The highest BCUT2D eigenvalue weighted by Gasteiger charge is 2.41. The predicted octanol–water partition coefficient (Wildman–Crippen LogP) is 3.77. The molecule has 0 amide bonds. The Hall–Kier alpha value is -0.0800. The molecular formula is C17H36N2. The molecule has 0 heterocycles. The highest BCUT2D eigenvalue weighted by atomic mass is 15.1. The molecule has 3 unspecified atom stereocenters. The summed E-state index contributed by atoms with van der Waals surface area (Å²) in [7, 11) is 0. The van der Waals surface area contributed by atoms with E-state index in [4.69, 9.17) is 0 Å². The molecule has 19 heavy (non-hydrogen) atoms. The van der Waals surface area contributed by atoms with E-state index in [1.54, 1.807) is 0 Å². The van der Waals surface area contributed by atoms with Crippen molar-refractivity contribution in [3.63, 3.8) is 0 Å². The Balaban J connectivity index is 2.58. The largest absolute Gasteiger partial charge is 0.313 e. The molecule has 0 aromatic rings.